The molecule has 5 heteroatoms. The van der Waals surface area contributed by atoms with Crippen molar-refractivity contribution in [1.29, 1.82) is 0 Å². The Bertz CT molecular complexity index is 242. The van der Waals surface area contributed by atoms with Crippen molar-refractivity contribution < 1.29 is 14.7 Å². The van der Waals surface area contributed by atoms with Gasteiger partial charge >= 0.3 is 5.97 Å². The third kappa shape index (κ3) is 2.45. The lowest BCUT2D eigenvalue weighted by Gasteiger charge is -2.16. The van der Waals surface area contributed by atoms with Gasteiger partial charge in [-0.25, -0.2) is 0 Å². The molecular formula is C9H16N2O3. The first-order chi connectivity index (χ1) is 6.52. The van der Waals surface area contributed by atoms with E-state index in [9.17, 15) is 9.59 Å². The first-order valence-corrected chi connectivity index (χ1v) is 4.79. The summed E-state index contributed by atoms with van der Waals surface area (Å²) in [6, 6.07) is -0.675. The zero-order valence-corrected chi connectivity index (χ0v) is 8.41. The Labute approximate surface area is 82.9 Å². The van der Waals surface area contributed by atoms with Crippen LogP contribution < -0.4 is 10.6 Å². The zero-order chi connectivity index (χ0) is 10.7. The summed E-state index contributed by atoms with van der Waals surface area (Å²) in [5, 5.41) is 14.2. The van der Waals surface area contributed by atoms with Gasteiger partial charge in [0, 0.05) is 6.04 Å². The molecule has 5 nitrogen and oxygen atoms in total. The molecule has 1 rings (SSSR count). The van der Waals surface area contributed by atoms with Crippen LogP contribution in [0.5, 0.6) is 0 Å². The standard InChI is InChI=1S/C9H16N2O3/c1-5-7(3-4-10-5)8(12)11-6(2)9(13)14/h5-7,10H,3-4H2,1-2H3,(H,11,12)(H,13,14). The van der Waals surface area contributed by atoms with Crippen molar-refractivity contribution in [1.82, 2.24) is 10.6 Å². The summed E-state index contributed by atoms with van der Waals surface area (Å²) in [6.07, 6.45) is 0.777. The van der Waals surface area contributed by atoms with E-state index in [1.165, 1.54) is 6.92 Å². The van der Waals surface area contributed by atoms with E-state index in [-0.39, 0.29) is 17.9 Å². The van der Waals surface area contributed by atoms with Gasteiger partial charge in [0.15, 0.2) is 0 Å². The Morgan fingerprint density at radius 3 is 2.64 bits per heavy atom. The molecule has 0 spiro atoms. The summed E-state index contributed by atoms with van der Waals surface area (Å²) in [5.41, 5.74) is 0. The first-order valence-electron chi connectivity index (χ1n) is 4.79. The number of carbonyl (C=O) groups is 2. The lowest BCUT2D eigenvalue weighted by Crippen LogP contribution is -2.44. The smallest absolute Gasteiger partial charge is 0.325 e. The van der Waals surface area contributed by atoms with E-state index in [0.29, 0.717) is 0 Å². The number of hydrogen-bond donors (Lipinski definition) is 3. The highest BCUT2D eigenvalue weighted by molar-refractivity contribution is 5.85. The van der Waals surface area contributed by atoms with Crippen molar-refractivity contribution in [3.05, 3.63) is 0 Å². The van der Waals surface area contributed by atoms with Crippen molar-refractivity contribution in [2.24, 2.45) is 5.92 Å². The van der Waals surface area contributed by atoms with E-state index in [4.69, 9.17) is 5.11 Å². The third-order valence-electron chi connectivity index (χ3n) is 2.59. The van der Waals surface area contributed by atoms with E-state index in [2.05, 4.69) is 10.6 Å². The molecule has 0 radical (unpaired) electrons. The van der Waals surface area contributed by atoms with E-state index in [1.807, 2.05) is 6.92 Å². The molecule has 1 aliphatic rings. The fraction of sp³-hybridized carbons (Fsp3) is 0.778. The molecule has 1 aliphatic heterocycles. The summed E-state index contributed by atoms with van der Waals surface area (Å²) in [5.74, 6) is -1.27. The molecule has 0 aliphatic carbocycles. The van der Waals surface area contributed by atoms with Crippen LogP contribution in [-0.2, 0) is 9.59 Å². The second kappa shape index (κ2) is 4.41. The molecule has 0 aromatic rings. The van der Waals surface area contributed by atoms with E-state index < -0.39 is 12.0 Å². The molecule has 3 N–H and O–H groups in total. The van der Waals surface area contributed by atoms with Crippen LogP contribution in [0.1, 0.15) is 20.3 Å². The normalized spacial score (nSPS) is 28.4. The topological polar surface area (TPSA) is 78.4 Å². The van der Waals surface area contributed by atoms with Crippen LogP contribution in [0, 0.1) is 5.92 Å². The number of carboxylic acids is 1. The molecule has 0 saturated carbocycles. The van der Waals surface area contributed by atoms with Gasteiger partial charge in [-0.1, -0.05) is 0 Å². The average molecular weight is 200 g/mol. The Morgan fingerprint density at radius 1 is 1.57 bits per heavy atom. The number of carbonyl (C=O) groups excluding carboxylic acids is 1. The molecule has 1 amide bonds. The van der Waals surface area contributed by atoms with E-state index in [0.717, 1.165) is 13.0 Å². The number of rotatable bonds is 3. The van der Waals surface area contributed by atoms with E-state index in [1.54, 1.807) is 0 Å². The molecule has 0 aromatic heterocycles. The Hall–Kier alpha value is -1.10. The van der Waals surface area contributed by atoms with Gasteiger partial charge in [0.25, 0.3) is 0 Å². The fourth-order valence-corrected chi connectivity index (χ4v) is 1.60. The highest BCUT2D eigenvalue weighted by Crippen LogP contribution is 2.15. The van der Waals surface area contributed by atoms with Crippen molar-refractivity contribution in [3.8, 4) is 0 Å². The van der Waals surface area contributed by atoms with Gasteiger partial charge in [-0.05, 0) is 26.8 Å². The van der Waals surface area contributed by atoms with E-state index >= 15 is 0 Å². The lowest BCUT2D eigenvalue weighted by atomic mass is 10.0. The third-order valence-corrected chi connectivity index (χ3v) is 2.59. The second-order valence-corrected chi connectivity index (χ2v) is 3.71. The number of aliphatic carboxylic acids is 1. The summed E-state index contributed by atoms with van der Waals surface area (Å²) >= 11 is 0. The minimum absolute atomic E-state index is 0.100. The van der Waals surface area contributed by atoms with Crippen LogP contribution >= 0.6 is 0 Å². The highest BCUT2D eigenvalue weighted by Gasteiger charge is 2.30. The summed E-state index contributed by atoms with van der Waals surface area (Å²) in [6.45, 7) is 4.22. The molecule has 14 heavy (non-hydrogen) atoms. The van der Waals surface area contributed by atoms with Crippen LogP contribution in [0.15, 0.2) is 0 Å². The van der Waals surface area contributed by atoms with Gasteiger partial charge < -0.3 is 15.7 Å². The molecular weight excluding hydrogens is 184 g/mol. The maximum atomic E-state index is 11.6. The molecule has 1 heterocycles. The summed E-state index contributed by atoms with van der Waals surface area (Å²) in [4.78, 5) is 22.1. The van der Waals surface area contributed by atoms with Gasteiger partial charge in [0.1, 0.15) is 6.04 Å². The van der Waals surface area contributed by atoms with Crippen molar-refractivity contribution in [2.45, 2.75) is 32.4 Å². The maximum Gasteiger partial charge on any atom is 0.325 e. The van der Waals surface area contributed by atoms with Crippen LogP contribution in [0.3, 0.4) is 0 Å². The van der Waals surface area contributed by atoms with Gasteiger partial charge in [0.2, 0.25) is 5.91 Å². The van der Waals surface area contributed by atoms with Crippen molar-refractivity contribution in [3.63, 3.8) is 0 Å². The largest absolute Gasteiger partial charge is 0.480 e. The Kier molecular flexibility index (Phi) is 3.46. The van der Waals surface area contributed by atoms with Crippen molar-refractivity contribution in [2.75, 3.05) is 6.54 Å². The summed E-state index contributed by atoms with van der Waals surface area (Å²) in [7, 11) is 0. The Morgan fingerprint density at radius 2 is 2.21 bits per heavy atom. The predicted molar refractivity (Wildman–Crippen MR) is 50.8 cm³/mol. The predicted octanol–water partition coefficient (Wildman–Crippen LogP) is -0.426. The van der Waals surface area contributed by atoms with Crippen molar-refractivity contribution >= 4 is 11.9 Å². The molecule has 1 fully saturated rings. The van der Waals surface area contributed by atoms with Gasteiger partial charge in [0.05, 0.1) is 5.92 Å². The highest BCUT2D eigenvalue weighted by atomic mass is 16.4. The molecule has 1 saturated heterocycles. The average Bonchev–Trinajstić information content (AvgIpc) is 2.51. The van der Waals surface area contributed by atoms with Gasteiger partial charge in [-0.2, -0.15) is 0 Å². The number of carboxylic acid groups (broad SMARTS) is 1. The number of hydrogen-bond acceptors (Lipinski definition) is 3. The fourth-order valence-electron chi connectivity index (χ4n) is 1.60. The summed E-state index contributed by atoms with van der Waals surface area (Å²) < 4.78 is 0. The van der Waals surface area contributed by atoms with Crippen LogP contribution in [-0.4, -0.2) is 35.6 Å². The zero-order valence-electron chi connectivity index (χ0n) is 8.41. The minimum Gasteiger partial charge on any atom is -0.480 e. The van der Waals surface area contributed by atoms with Crippen LogP contribution in [0.2, 0.25) is 0 Å². The minimum atomic E-state index is -1.00. The maximum absolute atomic E-state index is 11.6. The van der Waals surface area contributed by atoms with Crippen LogP contribution in [0.4, 0.5) is 0 Å². The number of nitrogens with one attached hydrogen (secondary N) is 2. The van der Waals surface area contributed by atoms with Gasteiger partial charge in [-0.3, -0.25) is 9.59 Å². The molecule has 80 valence electrons. The number of amides is 1. The lowest BCUT2D eigenvalue weighted by molar-refractivity contribution is -0.141. The SMILES string of the molecule is CC(NC(=O)C1CCNC1C)C(=O)O. The second-order valence-electron chi connectivity index (χ2n) is 3.71. The first kappa shape index (κ1) is 11.0. The molecule has 0 bridgehead atoms. The Balaban J connectivity index is 2.45. The molecule has 0 aromatic carbocycles. The van der Waals surface area contributed by atoms with Crippen LogP contribution in [0.25, 0.3) is 0 Å². The molecule has 3 atom stereocenters. The monoisotopic (exact) mass is 200 g/mol. The van der Waals surface area contributed by atoms with Gasteiger partial charge in [-0.15, -0.1) is 0 Å². The quantitative estimate of drug-likeness (QED) is 0.578. The molecule has 3 unspecified atom stereocenters.